The molecule has 0 aromatic heterocycles. The van der Waals surface area contributed by atoms with Crippen LogP contribution in [0.5, 0.6) is 0 Å². The quantitative estimate of drug-likeness (QED) is 0.239. The fourth-order valence-electron chi connectivity index (χ4n) is 0. The minimum absolute atomic E-state index is 0. The van der Waals surface area contributed by atoms with Crippen LogP contribution < -0.4 is 51.4 Å². The Labute approximate surface area is 106 Å². The van der Waals surface area contributed by atoms with Gasteiger partial charge in [0.15, 0.2) is 0 Å². The topological polar surface area (TPSA) is 155 Å². The van der Waals surface area contributed by atoms with Crippen molar-refractivity contribution >= 4 is 20.8 Å². The van der Waals surface area contributed by atoms with Crippen molar-refractivity contribution in [1.82, 2.24) is 0 Å². The molecule has 0 aliphatic heterocycles. The van der Waals surface area contributed by atoms with Crippen LogP contribution in [0.15, 0.2) is 0 Å². The summed E-state index contributed by atoms with van der Waals surface area (Å²) in [7, 11) is -9.83. The molecule has 0 aliphatic rings. The van der Waals surface area contributed by atoms with E-state index in [2.05, 4.69) is 0 Å². The molecular weight excluding hydrogens is 231 g/mol. The minimum Gasteiger partial charge on any atom is -0.726 e. The van der Waals surface area contributed by atoms with Gasteiger partial charge in [-0.1, -0.05) is 0 Å². The molecule has 64 valence electrons. The van der Waals surface area contributed by atoms with Crippen LogP contribution in [0.25, 0.3) is 0 Å². The van der Waals surface area contributed by atoms with Gasteiger partial charge in [-0.3, -0.25) is 9.11 Å². The molecule has 0 saturated carbocycles. The van der Waals surface area contributed by atoms with Gasteiger partial charge in [-0.2, -0.15) is 0 Å². The van der Waals surface area contributed by atoms with E-state index in [1.54, 1.807) is 0 Å². The Morgan fingerprint density at radius 1 is 0.818 bits per heavy atom. The first kappa shape index (κ1) is 18.2. The summed E-state index contributed by atoms with van der Waals surface area (Å²) in [5, 5.41) is 0. The molecular formula is H2KO8S2-. The molecule has 0 rings (SSSR count). The van der Waals surface area contributed by atoms with Gasteiger partial charge in [-0.05, 0) is 0 Å². The Balaban J connectivity index is -0.000000107. The summed E-state index contributed by atoms with van der Waals surface area (Å²) >= 11 is 0. The summed E-state index contributed by atoms with van der Waals surface area (Å²) in [4.78, 5) is 0. The van der Waals surface area contributed by atoms with Crippen molar-refractivity contribution in [3.05, 3.63) is 0 Å². The molecule has 0 spiro atoms. The van der Waals surface area contributed by atoms with Crippen molar-refractivity contribution in [2.75, 3.05) is 0 Å². The van der Waals surface area contributed by atoms with E-state index in [0.717, 1.165) is 0 Å². The first-order chi connectivity index (χ1) is 4.00. The van der Waals surface area contributed by atoms with E-state index in [0.29, 0.717) is 0 Å². The Morgan fingerprint density at radius 2 is 0.818 bits per heavy atom. The maximum Gasteiger partial charge on any atom is 1.00 e. The molecule has 11 heavy (non-hydrogen) atoms. The van der Waals surface area contributed by atoms with Gasteiger partial charge in [0, 0.05) is 0 Å². The van der Waals surface area contributed by atoms with Crippen LogP contribution in [-0.4, -0.2) is 35.0 Å². The van der Waals surface area contributed by atoms with Gasteiger partial charge in [0.05, 0.1) is 0 Å². The molecule has 0 amide bonds. The van der Waals surface area contributed by atoms with Crippen LogP contribution >= 0.6 is 0 Å². The van der Waals surface area contributed by atoms with Crippen LogP contribution in [-0.2, 0) is 20.8 Å². The molecule has 0 radical (unpaired) electrons. The minimum atomic E-state index is -4.92. The third-order valence-electron chi connectivity index (χ3n) is 0. The van der Waals surface area contributed by atoms with Crippen LogP contribution in [0.1, 0.15) is 0 Å². The number of hydrogen-bond acceptors (Lipinski definition) is 6. The molecule has 11 heteroatoms. The van der Waals surface area contributed by atoms with Crippen LogP contribution in [0.2, 0.25) is 0 Å². The van der Waals surface area contributed by atoms with Gasteiger partial charge >= 0.3 is 51.4 Å². The SMILES string of the molecule is O=S(=O)([O-])O.O=S(=O)([O-])O.[K+]. The van der Waals surface area contributed by atoms with E-state index in [1.807, 2.05) is 0 Å². The Bertz CT molecular complexity index is 208. The number of hydrogen-bond donors (Lipinski definition) is 2. The zero-order chi connectivity index (χ0) is 9.00. The van der Waals surface area contributed by atoms with Crippen LogP contribution in [0.3, 0.4) is 0 Å². The first-order valence-corrected chi connectivity index (χ1v) is 4.10. The van der Waals surface area contributed by atoms with Crippen molar-refractivity contribution in [2.45, 2.75) is 0 Å². The Hall–Kier alpha value is 1.38. The fraction of sp³-hybridized carbons (Fsp3) is 0. The van der Waals surface area contributed by atoms with Gasteiger partial charge in [-0.25, -0.2) is 16.8 Å². The van der Waals surface area contributed by atoms with Crippen molar-refractivity contribution in [3.8, 4) is 0 Å². The van der Waals surface area contributed by atoms with Crippen molar-refractivity contribution < 1.29 is 86.4 Å². The maximum absolute atomic E-state index is 8.63. The first-order valence-electron chi connectivity index (χ1n) is 1.37. The molecule has 0 saturated heterocycles. The van der Waals surface area contributed by atoms with Crippen molar-refractivity contribution in [2.24, 2.45) is 0 Å². The molecule has 0 unspecified atom stereocenters. The maximum atomic E-state index is 8.63. The predicted octanol–water partition coefficient (Wildman–Crippen LogP) is -4.99. The fourth-order valence-corrected chi connectivity index (χ4v) is 0. The normalized spacial score (nSPS) is 10.5. The second-order valence-corrected chi connectivity index (χ2v) is 2.57. The molecule has 0 bridgehead atoms. The average molecular weight is 233 g/mol. The third kappa shape index (κ3) is 528. The average Bonchev–Trinajstić information content (AvgIpc) is 1.12. The zero-order valence-electron chi connectivity index (χ0n) is 5.16. The van der Waals surface area contributed by atoms with Crippen LogP contribution in [0, 0.1) is 0 Å². The van der Waals surface area contributed by atoms with Gasteiger partial charge in [-0.15, -0.1) is 0 Å². The third-order valence-corrected chi connectivity index (χ3v) is 0. The molecule has 8 nitrogen and oxygen atoms in total. The molecule has 0 aromatic carbocycles. The van der Waals surface area contributed by atoms with Crippen molar-refractivity contribution in [3.63, 3.8) is 0 Å². The van der Waals surface area contributed by atoms with Crippen LogP contribution in [0.4, 0.5) is 0 Å². The van der Waals surface area contributed by atoms with E-state index >= 15 is 0 Å². The van der Waals surface area contributed by atoms with Gasteiger partial charge in [0.1, 0.15) is 0 Å². The molecule has 2 N–H and O–H groups in total. The monoisotopic (exact) mass is 233 g/mol. The van der Waals surface area contributed by atoms with Gasteiger partial charge in [0.2, 0.25) is 20.8 Å². The largest absolute Gasteiger partial charge is 1.00 e. The molecule has 0 aromatic rings. The molecule has 0 fully saturated rings. The molecule has 0 aliphatic carbocycles. The zero-order valence-corrected chi connectivity index (χ0v) is 9.92. The Morgan fingerprint density at radius 3 is 0.818 bits per heavy atom. The van der Waals surface area contributed by atoms with E-state index in [1.165, 1.54) is 0 Å². The van der Waals surface area contributed by atoms with E-state index in [-0.39, 0.29) is 51.4 Å². The van der Waals surface area contributed by atoms with Crippen molar-refractivity contribution in [1.29, 1.82) is 0 Å². The summed E-state index contributed by atoms with van der Waals surface area (Å²) in [6.07, 6.45) is 0. The summed E-state index contributed by atoms with van der Waals surface area (Å²) in [5.41, 5.74) is 0. The summed E-state index contributed by atoms with van der Waals surface area (Å²) < 4.78 is 65.7. The smallest absolute Gasteiger partial charge is 0.726 e. The Kier molecular flexibility index (Phi) is 11.3. The predicted molar refractivity (Wildman–Crippen MR) is 24.7 cm³/mol. The summed E-state index contributed by atoms with van der Waals surface area (Å²) in [5.74, 6) is 0. The van der Waals surface area contributed by atoms with Gasteiger partial charge in [0.25, 0.3) is 0 Å². The second kappa shape index (κ2) is 6.85. The van der Waals surface area contributed by atoms with E-state index in [9.17, 15) is 0 Å². The molecule has 0 atom stereocenters. The second-order valence-electron chi connectivity index (χ2n) is 0.855. The van der Waals surface area contributed by atoms with E-state index in [4.69, 9.17) is 35.0 Å². The van der Waals surface area contributed by atoms with E-state index < -0.39 is 20.8 Å². The standard InChI is InChI=1S/K.2H2O4S/c;2*1-5(2,3)4/h;2*(H2,1,2,3,4)/q+1;;/p-2. The number of rotatable bonds is 0. The summed E-state index contributed by atoms with van der Waals surface area (Å²) in [6.45, 7) is 0. The van der Waals surface area contributed by atoms with Gasteiger partial charge < -0.3 is 9.11 Å². The molecule has 0 heterocycles. The summed E-state index contributed by atoms with van der Waals surface area (Å²) in [6, 6.07) is 0.